The Bertz CT molecular complexity index is 3070. The number of nitrogens with zero attached hydrogens (tertiary/aromatic N) is 4. The monoisotopic (exact) mass is 986 g/mol. The van der Waals surface area contributed by atoms with E-state index >= 15 is 0 Å². The molecule has 9 aromatic rings. The molecule has 0 saturated carbocycles. The van der Waals surface area contributed by atoms with Crippen molar-refractivity contribution in [1.82, 2.24) is 9.55 Å². The van der Waals surface area contributed by atoms with E-state index in [1.165, 1.54) is 22.3 Å². The summed E-state index contributed by atoms with van der Waals surface area (Å²) < 4.78 is 8.95. The number of para-hydroxylation sites is 3. The van der Waals surface area contributed by atoms with E-state index in [2.05, 4.69) is 220 Å². The Morgan fingerprint density at radius 1 is 0.516 bits per heavy atom. The Kier molecular flexibility index (Phi) is 10.7. The zero-order valence-electron chi connectivity index (χ0n) is 35.8. The van der Waals surface area contributed by atoms with Gasteiger partial charge >= 0.3 is 0 Å². The van der Waals surface area contributed by atoms with Gasteiger partial charge in [0, 0.05) is 72.5 Å². The number of hydrogen-bond acceptors (Lipinski definition) is 4. The maximum atomic E-state index is 6.70. The van der Waals surface area contributed by atoms with Crippen LogP contribution in [0.3, 0.4) is 0 Å². The average Bonchev–Trinajstić information content (AvgIpc) is 3.82. The van der Waals surface area contributed by atoms with Gasteiger partial charge in [-0.1, -0.05) is 150 Å². The van der Waals surface area contributed by atoms with Gasteiger partial charge in [0.25, 0.3) is 0 Å². The first kappa shape index (κ1) is 41.0. The second kappa shape index (κ2) is 16.1. The van der Waals surface area contributed by atoms with E-state index in [0.717, 1.165) is 61.5 Å². The van der Waals surface area contributed by atoms with Gasteiger partial charge in [0.2, 0.25) is 0 Å². The molecule has 5 nitrogen and oxygen atoms in total. The molecular formula is C56H47N4OPt-3. The molecule has 0 fully saturated rings. The minimum absolute atomic E-state index is 0. The van der Waals surface area contributed by atoms with Crippen molar-refractivity contribution in [2.24, 2.45) is 0 Å². The molecule has 62 heavy (non-hydrogen) atoms. The van der Waals surface area contributed by atoms with Gasteiger partial charge in [-0.05, 0) is 68.8 Å². The summed E-state index contributed by atoms with van der Waals surface area (Å²) in [6.45, 7) is 15.7. The molecule has 0 amide bonds. The first-order chi connectivity index (χ1) is 29.5. The quantitative estimate of drug-likeness (QED) is 0.149. The number of anilines is 4. The Hall–Kier alpha value is -6.42. The molecule has 0 aliphatic carbocycles. The molecule has 2 aromatic heterocycles. The predicted molar refractivity (Wildman–Crippen MR) is 252 cm³/mol. The summed E-state index contributed by atoms with van der Waals surface area (Å²) >= 11 is 0. The van der Waals surface area contributed by atoms with Crippen LogP contribution in [0.5, 0.6) is 11.5 Å². The molecule has 0 bridgehead atoms. The van der Waals surface area contributed by atoms with Crippen LogP contribution in [0, 0.1) is 18.8 Å². The summed E-state index contributed by atoms with van der Waals surface area (Å²) in [5.41, 5.74) is 13.2. The van der Waals surface area contributed by atoms with Crippen LogP contribution >= 0.6 is 0 Å². The second-order valence-corrected chi connectivity index (χ2v) is 17.8. The molecule has 1 aliphatic rings. The zero-order valence-corrected chi connectivity index (χ0v) is 38.0. The summed E-state index contributed by atoms with van der Waals surface area (Å²) in [5, 5.41) is 2.21. The first-order valence-electron chi connectivity index (χ1n) is 21.0. The summed E-state index contributed by atoms with van der Waals surface area (Å²) in [7, 11) is 0. The fourth-order valence-electron chi connectivity index (χ4n) is 8.43. The van der Waals surface area contributed by atoms with Gasteiger partial charge in [-0.3, -0.25) is 0 Å². The molecule has 0 radical (unpaired) electrons. The van der Waals surface area contributed by atoms with E-state index in [0.29, 0.717) is 11.5 Å². The van der Waals surface area contributed by atoms with Crippen LogP contribution in [-0.4, -0.2) is 9.55 Å². The normalized spacial score (nSPS) is 12.7. The summed E-state index contributed by atoms with van der Waals surface area (Å²) in [5.74, 6) is 2.03. The predicted octanol–water partition coefficient (Wildman–Crippen LogP) is 14.9. The molecular weight excluding hydrogens is 940 g/mol. The molecule has 0 N–H and O–H groups in total. The number of fused-ring (bicyclic) bond motifs is 4. The van der Waals surface area contributed by atoms with E-state index in [-0.39, 0.29) is 31.9 Å². The van der Waals surface area contributed by atoms with Crippen molar-refractivity contribution >= 4 is 44.6 Å². The third-order valence-corrected chi connectivity index (χ3v) is 11.7. The fourth-order valence-corrected chi connectivity index (χ4v) is 8.43. The third-order valence-electron chi connectivity index (χ3n) is 11.7. The molecule has 0 atom stereocenters. The van der Waals surface area contributed by atoms with E-state index in [4.69, 9.17) is 9.72 Å². The van der Waals surface area contributed by atoms with Gasteiger partial charge in [0.05, 0.1) is 0 Å². The Balaban J connectivity index is 0.00000490. The van der Waals surface area contributed by atoms with Crippen LogP contribution in [0.15, 0.2) is 170 Å². The molecule has 310 valence electrons. The minimum Gasteiger partial charge on any atom is -0.509 e. The van der Waals surface area contributed by atoms with Crippen LogP contribution in [-0.2, 0) is 31.9 Å². The van der Waals surface area contributed by atoms with Crippen molar-refractivity contribution in [3.8, 4) is 39.6 Å². The van der Waals surface area contributed by atoms with Gasteiger partial charge < -0.3 is 19.1 Å². The molecule has 7 aromatic carbocycles. The smallest absolute Gasteiger partial charge is 0.135 e. The fraction of sp³-hybridized carbons (Fsp3) is 0.143. The Morgan fingerprint density at radius 3 is 1.85 bits per heavy atom. The van der Waals surface area contributed by atoms with E-state index < -0.39 is 0 Å². The van der Waals surface area contributed by atoms with Crippen molar-refractivity contribution in [1.29, 1.82) is 0 Å². The number of pyridine rings is 1. The van der Waals surface area contributed by atoms with E-state index in [1.807, 2.05) is 24.4 Å². The van der Waals surface area contributed by atoms with E-state index in [9.17, 15) is 0 Å². The van der Waals surface area contributed by atoms with Gasteiger partial charge in [0.15, 0.2) is 0 Å². The SMILES string of the molecule is CC(C)(C)c1ccnc(-n2c3[c-]c(Oc4[c-]c(N5[CH-]N(c6cc(C(C)(C)C)ccc6-c6ccccc6)c6ccccc65)ccc4)ccc3c3cccc(-c4ccccc4)c32)c1.[Pt]. The molecule has 6 heteroatoms. The number of rotatable bonds is 7. The van der Waals surface area contributed by atoms with Gasteiger partial charge in [-0.15, -0.1) is 48.1 Å². The number of benzene rings is 7. The van der Waals surface area contributed by atoms with Gasteiger partial charge in [0.1, 0.15) is 5.82 Å². The molecule has 10 rings (SSSR count). The third kappa shape index (κ3) is 7.49. The Labute approximate surface area is 379 Å². The van der Waals surface area contributed by atoms with Crippen molar-refractivity contribution in [3.63, 3.8) is 0 Å². The second-order valence-electron chi connectivity index (χ2n) is 17.8. The van der Waals surface area contributed by atoms with E-state index in [1.54, 1.807) is 0 Å². The molecule has 0 unspecified atom stereocenters. The minimum atomic E-state index is -0.0531. The van der Waals surface area contributed by atoms with Crippen LogP contribution in [0.2, 0.25) is 0 Å². The molecule has 1 aliphatic heterocycles. The maximum Gasteiger partial charge on any atom is 0.135 e. The van der Waals surface area contributed by atoms with Crippen LogP contribution in [0.4, 0.5) is 22.7 Å². The Morgan fingerprint density at radius 2 is 1.15 bits per heavy atom. The standard InChI is InChI=1S/C56H47N4O.Pt/c1-55(2,3)40-27-29-45(38-17-9-7-10-18-38)51(33-40)59-37-58(49-25-13-14-26-50(49)59)42-21-15-22-43(35-42)61-44-28-30-47-48-24-16-23-46(39-19-11-8-12-20-39)54(48)60(52(47)36-44)53-34-41(31-32-57-53)56(4,5)6;/h7-34,37H,1-6H3;/q-3;. The van der Waals surface area contributed by atoms with Gasteiger partial charge in [-0.25, -0.2) is 4.98 Å². The molecule has 3 heterocycles. The van der Waals surface area contributed by atoms with Crippen molar-refractivity contribution < 1.29 is 25.8 Å². The largest absolute Gasteiger partial charge is 0.509 e. The summed E-state index contributed by atoms with van der Waals surface area (Å²) in [6, 6.07) is 64.9. The van der Waals surface area contributed by atoms with Crippen molar-refractivity contribution in [2.75, 3.05) is 9.80 Å². The summed E-state index contributed by atoms with van der Waals surface area (Å²) in [6.07, 6.45) is 1.91. The van der Waals surface area contributed by atoms with Crippen molar-refractivity contribution in [3.05, 3.63) is 200 Å². The van der Waals surface area contributed by atoms with Crippen LogP contribution in [0.1, 0.15) is 52.7 Å². The molecule has 0 spiro atoms. The number of hydrogen-bond donors (Lipinski definition) is 0. The van der Waals surface area contributed by atoms with Gasteiger partial charge in [-0.2, -0.15) is 12.1 Å². The molecule has 0 saturated heterocycles. The number of ether oxygens (including phenoxy) is 1. The van der Waals surface area contributed by atoms with Crippen LogP contribution < -0.4 is 14.5 Å². The van der Waals surface area contributed by atoms with Crippen LogP contribution in [0.25, 0.3) is 49.9 Å². The first-order valence-corrected chi connectivity index (χ1v) is 21.0. The topological polar surface area (TPSA) is 33.5 Å². The summed E-state index contributed by atoms with van der Waals surface area (Å²) in [4.78, 5) is 9.47. The van der Waals surface area contributed by atoms with Crippen molar-refractivity contribution in [2.45, 2.75) is 52.4 Å². The number of aromatic nitrogens is 2. The maximum absolute atomic E-state index is 6.70. The zero-order chi connectivity index (χ0) is 41.9. The average molecular weight is 987 g/mol.